The summed E-state index contributed by atoms with van der Waals surface area (Å²) in [5.41, 5.74) is 10.8. The van der Waals surface area contributed by atoms with Crippen LogP contribution in [0.2, 0.25) is 0 Å². The minimum Gasteiger partial charge on any atom is -0.497 e. The normalized spacial score (nSPS) is 10.7. The van der Waals surface area contributed by atoms with Gasteiger partial charge in [0, 0.05) is 23.1 Å². The molecule has 1 amide bonds. The first kappa shape index (κ1) is 16.8. The molecule has 1 aromatic carbocycles. The van der Waals surface area contributed by atoms with Gasteiger partial charge in [0.05, 0.1) is 24.9 Å². The molecule has 0 radical (unpaired) electrons. The number of hydrogen-bond donors (Lipinski definition) is 1. The van der Waals surface area contributed by atoms with Gasteiger partial charge in [0.25, 0.3) is 5.91 Å². The number of nitrogens with zero attached hydrogens (tertiary/aromatic N) is 2. The second-order valence-electron chi connectivity index (χ2n) is 5.92. The molecule has 2 heterocycles. The summed E-state index contributed by atoms with van der Waals surface area (Å²) in [6.45, 7) is 4.51. The molecule has 0 bridgehead atoms. The lowest BCUT2D eigenvalue weighted by Gasteiger charge is -2.09. The summed E-state index contributed by atoms with van der Waals surface area (Å²) in [4.78, 5) is 16.5. The molecule has 5 heteroatoms. The highest BCUT2D eigenvalue weighted by molar-refractivity contribution is 6.02. The quantitative estimate of drug-likeness (QED) is 0.777. The fourth-order valence-corrected chi connectivity index (χ4v) is 3.19. The van der Waals surface area contributed by atoms with Crippen molar-refractivity contribution in [3.63, 3.8) is 0 Å². The first-order valence-electron chi connectivity index (χ1n) is 8.06. The highest BCUT2D eigenvalue weighted by Crippen LogP contribution is 2.33. The Morgan fingerprint density at radius 3 is 2.40 bits per heavy atom. The Bertz CT molecular complexity index is 897. The maximum absolute atomic E-state index is 12.1. The van der Waals surface area contributed by atoms with E-state index in [4.69, 9.17) is 10.5 Å². The number of carbonyl (C=O) groups excluding carboxylic acids is 1. The van der Waals surface area contributed by atoms with E-state index in [-0.39, 0.29) is 0 Å². The van der Waals surface area contributed by atoms with Crippen molar-refractivity contribution in [2.24, 2.45) is 5.73 Å². The summed E-state index contributed by atoms with van der Waals surface area (Å²) in [6.07, 6.45) is 1.77. The van der Waals surface area contributed by atoms with Gasteiger partial charge in [-0.3, -0.25) is 9.78 Å². The molecule has 5 nitrogen and oxygen atoms in total. The molecule has 0 atom stereocenters. The van der Waals surface area contributed by atoms with Crippen LogP contribution >= 0.6 is 0 Å². The summed E-state index contributed by atoms with van der Waals surface area (Å²) in [5, 5.41) is 0. The number of benzene rings is 1. The number of rotatable bonds is 5. The summed E-state index contributed by atoms with van der Waals surface area (Å²) >= 11 is 0. The van der Waals surface area contributed by atoms with Crippen LogP contribution in [0.4, 0.5) is 0 Å². The second-order valence-corrected chi connectivity index (χ2v) is 5.92. The minimum absolute atomic E-state index is 0.425. The number of amides is 1. The van der Waals surface area contributed by atoms with Gasteiger partial charge in [-0.1, -0.05) is 18.2 Å². The van der Waals surface area contributed by atoms with Crippen molar-refractivity contribution in [3.8, 4) is 16.9 Å². The van der Waals surface area contributed by atoms with Crippen LogP contribution in [0, 0.1) is 13.8 Å². The Morgan fingerprint density at radius 2 is 1.84 bits per heavy atom. The first-order chi connectivity index (χ1) is 12.0. The lowest BCUT2D eigenvalue weighted by Crippen LogP contribution is -2.13. The highest BCUT2D eigenvalue weighted by atomic mass is 16.5. The van der Waals surface area contributed by atoms with E-state index in [1.807, 2.05) is 56.3 Å². The topological polar surface area (TPSA) is 70.1 Å². The maximum Gasteiger partial charge on any atom is 0.251 e. The molecule has 2 aromatic heterocycles. The van der Waals surface area contributed by atoms with E-state index < -0.39 is 5.91 Å². The Balaban J connectivity index is 2.14. The number of aromatic nitrogens is 2. The third-order valence-corrected chi connectivity index (χ3v) is 4.45. The van der Waals surface area contributed by atoms with Crippen molar-refractivity contribution in [1.29, 1.82) is 0 Å². The molecule has 2 N–H and O–H groups in total. The van der Waals surface area contributed by atoms with Gasteiger partial charge in [0.1, 0.15) is 5.75 Å². The molecule has 0 aliphatic rings. The number of ether oxygens (including phenoxy) is 1. The lowest BCUT2D eigenvalue weighted by molar-refractivity contribution is 0.1000. The lowest BCUT2D eigenvalue weighted by atomic mass is 10.00. The smallest absolute Gasteiger partial charge is 0.251 e. The van der Waals surface area contributed by atoms with Gasteiger partial charge in [-0.2, -0.15) is 0 Å². The van der Waals surface area contributed by atoms with Crippen LogP contribution in [0.3, 0.4) is 0 Å². The standard InChI is InChI=1S/C20H21N3O2/c1-13-18(15-7-9-17(25-3)10-8-15)19(20(21)24)14(2)23(13)12-16-6-4-5-11-22-16/h4-11H,12H2,1-3H3,(H2,21,24). The summed E-state index contributed by atoms with van der Waals surface area (Å²) < 4.78 is 7.30. The highest BCUT2D eigenvalue weighted by Gasteiger charge is 2.22. The molecule has 0 aliphatic heterocycles. The van der Waals surface area contributed by atoms with E-state index in [0.717, 1.165) is 34.0 Å². The predicted molar refractivity (Wildman–Crippen MR) is 97.8 cm³/mol. The molecule has 0 fully saturated rings. The van der Waals surface area contributed by atoms with E-state index in [1.165, 1.54) is 0 Å². The predicted octanol–water partition coefficient (Wildman–Crippen LogP) is 3.32. The molecule has 128 valence electrons. The van der Waals surface area contributed by atoms with Crippen molar-refractivity contribution >= 4 is 5.91 Å². The fraction of sp³-hybridized carbons (Fsp3) is 0.200. The Hall–Kier alpha value is -3.08. The van der Waals surface area contributed by atoms with Gasteiger partial charge in [0.2, 0.25) is 0 Å². The average molecular weight is 335 g/mol. The number of primary amides is 1. The number of pyridine rings is 1. The summed E-state index contributed by atoms with van der Waals surface area (Å²) in [7, 11) is 1.63. The van der Waals surface area contributed by atoms with Gasteiger partial charge in [-0.15, -0.1) is 0 Å². The van der Waals surface area contributed by atoms with Crippen molar-refractivity contribution in [3.05, 3.63) is 71.3 Å². The molecule has 0 unspecified atom stereocenters. The molecule has 3 rings (SSSR count). The van der Waals surface area contributed by atoms with Crippen LogP contribution in [-0.2, 0) is 6.54 Å². The Kier molecular flexibility index (Phi) is 4.57. The average Bonchev–Trinajstić information content (AvgIpc) is 2.87. The van der Waals surface area contributed by atoms with Gasteiger partial charge >= 0.3 is 0 Å². The maximum atomic E-state index is 12.1. The molecular weight excluding hydrogens is 314 g/mol. The van der Waals surface area contributed by atoms with Crippen molar-refractivity contribution < 1.29 is 9.53 Å². The van der Waals surface area contributed by atoms with Crippen molar-refractivity contribution in [2.45, 2.75) is 20.4 Å². The van der Waals surface area contributed by atoms with Gasteiger partial charge in [-0.25, -0.2) is 0 Å². The molecule has 3 aromatic rings. The number of carbonyl (C=O) groups is 1. The Morgan fingerprint density at radius 1 is 1.12 bits per heavy atom. The molecule has 0 saturated heterocycles. The zero-order valence-electron chi connectivity index (χ0n) is 14.6. The van der Waals surface area contributed by atoms with Crippen LogP contribution < -0.4 is 10.5 Å². The number of nitrogens with two attached hydrogens (primary N) is 1. The SMILES string of the molecule is COc1ccc(-c2c(C(N)=O)c(C)n(Cc3ccccn3)c2C)cc1. The molecule has 0 aliphatic carbocycles. The van der Waals surface area contributed by atoms with E-state index in [2.05, 4.69) is 9.55 Å². The van der Waals surface area contributed by atoms with Crippen LogP contribution in [-0.4, -0.2) is 22.6 Å². The third kappa shape index (κ3) is 3.13. The Labute approximate surface area is 147 Å². The third-order valence-electron chi connectivity index (χ3n) is 4.45. The molecular formula is C20H21N3O2. The molecule has 25 heavy (non-hydrogen) atoms. The van der Waals surface area contributed by atoms with E-state index >= 15 is 0 Å². The van der Waals surface area contributed by atoms with Crippen LogP contribution in [0.15, 0.2) is 48.7 Å². The van der Waals surface area contributed by atoms with Gasteiger partial charge < -0.3 is 15.0 Å². The van der Waals surface area contributed by atoms with Crippen LogP contribution in [0.1, 0.15) is 27.4 Å². The largest absolute Gasteiger partial charge is 0.497 e. The van der Waals surface area contributed by atoms with Crippen molar-refractivity contribution in [1.82, 2.24) is 9.55 Å². The van der Waals surface area contributed by atoms with Crippen molar-refractivity contribution in [2.75, 3.05) is 7.11 Å². The number of methoxy groups -OCH3 is 1. The monoisotopic (exact) mass is 335 g/mol. The van der Waals surface area contributed by atoms with Gasteiger partial charge in [-0.05, 0) is 43.7 Å². The zero-order valence-corrected chi connectivity index (χ0v) is 14.6. The van der Waals surface area contributed by atoms with E-state index in [1.54, 1.807) is 13.3 Å². The van der Waals surface area contributed by atoms with E-state index in [9.17, 15) is 4.79 Å². The molecule has 0 saturated carbocycles. The first-order valence-corrected chi connectivity index (χ1v) is 8.06. The summed E-state index contributed by atoms with van der Waals surface area (Å²) in [5.74, 6) is 0.345. The van der Waals surface area contributed by atoms with Crippen LogP contribution in [0.5, 0.6) is 5.75 Å². The summed E-state index contributed by atoms with van der Waals surface area (Å²) in [6, 6.07) is 13.5. The van der Waals surface area contributed by atoms with Gasteiger partial charge in [0.15, 0.2) is 0 Å². The van der Waals surface area contributed by atoms with Crippen LogP contribution in [0.25, 0.3) is 11.1 Å². The molecule has 0 spiro atoms. The number of hydrogen-bond acceptors (Lipinski definition) is 3. The zero-order chi connectivity index (χ0) is 18.0. The second kappa shape index (κ2) is 6.81. The minimum atomic E-state index is -0.425. The fourth-order valence-electron chi connectivity index (χ4n) is 3.19. The van der Waals surface area contributed by atoms with E-state index in [0.29, 0.717) is 12.1 Å².